The summed E-state index contributed by atoms with van der Waals surface area (Å²) in [6.07, 6.45) is 1.64. The molecular formula is C26H34N6O5. The molecule has 1 atom stereocenters. The molecule has 2 aromatic carbocycles. The number of carbonyl (C=O) groups is 1. The van der Waals surface area contributed by atoms with E-state index in [4.69, 9.17) is 4.74 Å². The highest BCUT2D eigenvalue weighted by molar-refractivity contribution is 5.98. The minimum Gasteiger partial charge on any atom is -0.507 e. The Morgan fingerprint density at radius 1 is 1.16 bits per heavy atom. The van der Waals surface area contributed by atoms with Crippen LogP contribution in [0, 0.1) is 0 Å². The second-order valence-corrected chi connectivity index (χ2v) is 9.15. The van der Waals surface area contributed by atoms with Crippen LogP contribution in [0.25, 0.3) is 17.1 Å². The molecule has 3 aromatic rings. The van der Waals surface area contributed by atoms with E-state index in [-0.39, 0.29) is 34.7 Å². The molecule has 1 unspecified atom stereocenters. The molecule has 1 saturated heterocycles. The number of ether oxygens (including phenoxy) is 1. The van der Waals surface area contributed by atoms with E-state index in [1.54, 1.807) is 31.3 Å². The number of phenols is 2. The van der Waals surface area contributed by atoms with Crippen molar-refractivity contribution in [1.82, 2.24) is 29.9 Å². The van der Waals surface area contributed by atoms with E-state index >= 15 is 0 Å². The van der Waals surface area contributed by atoms with Gasteiger partial charge in [-0.1, -0.05) is 13.3 Å². The standard InChI is InChI=1S/C26H34N6O5/c1-4-5-12-30(3)25(35)21-15-20(22(33)16-23(21)34)24-28-29-26(36)32(24)18-6-8-19(9-7-18)37-17(2)31-13-10-27-11-14-31/h6-9,15-17,27,33-34H,4-5,10-14H2,1-3H3,(H,29,36). The van der Waals surface area contributed by atoms with Crippen LogP contribution in [0.4, 0.5) is 0 Å². The van der Waals surface area contributed by atoms with E-state index < -0.39 is 11.6 Å². The number of nitrogens with zero attached hydrogens (tertiary/aromatic N) is 4. The molecule has 37 heavy (non-hydrogen) atoms. The van der Waals surface area contributed by atoms with Gasteiger partial charge in [0.2, 0.25) is 0 Å². The smallest absolute Gasteiger partial charge is 0.348 e. The lowest BCUT2D eigenvalue weighted by atomic mass is 10.1. The fourth-order valence-corrected chi connectivity index (χ4v) is 4.34. The first kappa shape index (κ1) is 26.2. The van der Waals surface area contributed by atoms with Crippen molar-refractivity contribution in [2.24, 2.45) is 0 Å². The maximum absolute atomic E-state index is 12.9. The Morgan fingerprint density at radius 3 is 2.54 bits per heavy atom. The van der Waals surface area contributed by atoms with Crippen molar-refractivity contribution in [1.29, 1.82) is 0 Å². The minimum atomic E-state index is -0.515. The maximum atomic E-state index is 12.9. The third-order valence-electron chi connectivity index (χ3n) is 6.52. The van der Waals surface area contributed by atoms with Crippen molar-refractivity contribution in [2.75, 3.05) is 39.8 Å². The number of phenolic OH excluding ortho intramolecular Hbond substituents is 2. The number of H-pyrrole nitrogens is 1. The first-order chi connectivity index (χ1) is 17.8. The van der Waals surface area contributed by atoms with Gasteiger partial charge in [-0.25, -0.2) is 14.5 Å². The number of nitrogens with one attached hydrogen (secondary N) is 2. The maximum Gasteiger partial charge on any atom is 0.348 e. The van der Waals surface area contributed by atoms with Gasteiger partial charge >= 0.3 is 5.69 Å². The highest BCUT2D eigenvalue weighted by Crippen LogP contribution is 2.35. The van der Waals surface area contributed by atoms with Crippen molar-refractivity contribution in [3.8, 4) is 34.3 Å². The number of aromatic nitrogens is 3. The molecule has 0 aliphatic carbocycles. The summed E-state index contributed by atoms with van der Waals surface area (Å²) in [5, 5.41) is 30.8. The molecule has 0 spiro atoms. The molecule has 1 aromatic heterocycles. The quantitative estimate of drug-likeness (QED) is 0.344. The summed E-state index contributed by atoms with van der Waals surface area (Å²) < 4.78 is 7.37. The molecule has 1 amide bonds. The fraction of sp³-hybridized carbons (Fsp3) is 0.423. The van der Waals surface area contributed by atoms with Crippen LogP contribution in [-0.2, 0) is 0 Å². The molecule has 0 radical (unpaired) electrons. The van der Waals surface area contributed by atoms with Crippen molar-refractivity contribution < 1.29 is 19.7 Å². The van der Waals surface area contributed by atoms with Gasteiger partial charge in [0.05, 0.1) is 16.8 Å². The van der Waals surface area contributed by atoms with E-state index in [1.165, 1.54) is 15.5 Å². The van der Waals surface area contributed by atoms with Crippen LogP contribution >= 0.6 is 0 Å². The summed E-state index contributed by atoms with van der Waals surface area (Å²) in [7, 11) is 1.65. The fourth-order valence-electron chi connectivity index (χ4n) is 4.34. The lowest BCUT2D eigenvalue weighted by molar-refractivity contribution is 0.0311. The Kier molecular flexibility index (Phi) is 8.14. The van der Waals surface area contributed by atoms with Crippen molar-refractivity contribution >= 4 is 5.91 Å². The number of hydrogen-bond donors (Lipinski definition) is 4. The predicted octanol–water partition coefficient (Wildman–Crippen LogP) is 2.14. The monoisotopic (exact) mass is 510 g/mol. The zero-order valence-corrected chi connectivity index (χ0v) is 21.4. The molecule has 1 aliphatic heterocycles. The summed E-state index contributed by atoms with van der Waals surface area (Å²) >= 11 is 0. The van der Waals surface area contributed by atoms with Crippen molar-refractivity contribution in [3.63, 3.8) is 0 Å². The number of aromatic hydroxyl groups is 2. The van der Waals surface area contributed by atoms with Crippen LogP contribution < -0.4 is 15.7 Å². The summed E-state index contributed by atoms with van der Waals surface area (Å²) in [4.78, 5) is 29.4. The Labute approximate surface area is 215 Å². The largest absolute Gasteiger partial charge is 0.507 e. The predicted molar refractivity (Wildman–Crippen MR) is 139 cm³/mol. The summed E-state index contributed by atoms with van der Waals surface area (Å²) in [6, 6.07) is 9.43. The zero-order valence-electron chi connectivity index (χ0n) is 21.4. The van der Waals surface area contributed by atoms with Gasteiger partial charge in [-0.05, 0) is 43.7 Å². The number of amides is 1. The van der Waals surface area contributed by atoms with Crippen LogP contribution in [0.15, 0.2) is 41.2 Å². The molecule has 0 bridgehead atoms. The second-order valence-electron chi connectivity index (χ2n) is 9.15. The van der Waals surface area contributed by atoms with Crippen molar-refractivity contribution in [3.05, 3.63) is 52.4 Å². The van der Waals surface area contributed by atoms with Gasteiger partial charge in [-0.15, -0.1) is 0 Å². The Hall–Kier alpha value is -3.83. The molecule has 1 fully saturated rings. The number of unbranched alkanes of at least 4 members (excludes halogenated alkanes) is 1. The molecule has 4 N–H and O–H groups in total. The molecular weight excluding hydrogens is 476 g/mol. The molecule has 2 heterocycles. The minimum absolute atomic E-state index is 0.0130. The molecule has 11 heteroatoms. The number of benzene rings is 2. The molecule has 198 valence electrons. The van der Waals surface area contributed by atoms with Gasteiger partial charge in [0.15, 0.2) is 5.82 Å². The Bertz CT molecular complexity index is 1280. The van der Waals surface area contributed by atoms with Crippen LogP contribution in [0.5, 0.6) is 17.2 Å². The first-order valence-electron chi connectivity index (χ1n) is 12.5. The van der Waals surface area contributed by atoms with Crippen LogP contribution in [0.1, 0.15) is 37.0 Å². The summed E-state index contributed by atoms with van der Waals surface area (Å²) in [6.45, 7) is 8.21. The summed E-state index contributed by atoms with van der Waals surface area (Å²) in [5.41, 5.74) is 0.129. The number of hydrogen-bond acceptors (Lipinski definition) is 8. The third kappa shape index (κ3) is 5.78. The normalized spacial score (nSPS) is 14.9. The number of rotatable bonds is 9. The Morgan fingerprint density at radius 2 is 1.86 bits per heavy atom. The zero-order chi connectivity index (χ0) is 26.5. The van der Waals surface area contributed by atoms with Crippen LogP contribution in [0.2, 0.25) is 0 Å². The van der Waals surface area contributed by atoms with Gasteiger partial charge < -0.3 is 25.2 Å². The topological polar surface area (TPSA) is 136 Å². The molecule has 1 aliphatic rings. The van der Waals surface area contributed by atoms with Crippen LogP contribution in [0.3, 0.4) is 0 Å². The lowest BCUT2D eigenvalue weighted by Crippen LogP contribution is -2.49. The van der Waals surface area contributed by atoms with Crippen LogP contribution in [-0.4, -0.2) is 86.7 Å². The molecule has 4 rings (SSSR count). The average Bonchev–Trinajstić information content (AvgIpc) is 3.28. The first-order valence-corrected chi connectivity index (χ1v) is 12.5. The number of aromatic amines is 1. The molecule has 11 nitrogen and oxygen atoms in total. The van der Waals surface area contributed by atoms with E-state index in [9.17, 15) is 19.8 Å². The van der Waals surface area contributed by atoms with Gasteiger partial charge in [0, 0.05) is 45.8 Å². The Balaban J connectivity index is 1.62. The van der Waals surface area contributed by atoms with Gasteiger partial charge in [0.1, 0.15) is 23.5 Å². The SMILES string of the molecule is CCCCN(C)C(=O)c1cc(-c2n[nH]c(=O)n2-c2ccc(OC(C)N3CCNCC3)cc2)c(O)cc1O. The van der Waals surface area contributed by atoms with E-state index in [2.05, 4.69) is 20.4 Å². The summed E-state index contributed by atoms with van der Waals surface area (Å²) in [5.74, 6) is -0.287. The lowest BCUT2D eigenvalue weighted by Gasteiger charge is -2.32. The third-order valence-corrected chi connectivity index (χ3v) is 6.52. The number of carbonyl (C=O) groups excluding carboxylic acids is 1. The van der Waals surface area contributed by atoms with Gasteiger partial charge in [-0.3, -0.25) is 9.69 Å². The average molecular weight is 511 g/mol. The van der Waals surface area contributed by atoms with E-state index in [0.29, 0.717) is 18.0 Å². The van der Waals surface area contributed by atoms with Gasteiger partial charge in [-0.2, -0.15) is 5.10 Å². The second kappa shape index (κ2) is 11.5. The van der Waals surface area contributed by atoms with Gasteiger partial charge in [0.25, 0.3) is 5.91 Å². The van der Waals surface area contributed by atoms with E-state index in [0.717, 1.165) is 45.1 Å². The highest BCUT2D eigenvalue weighted by atomic mass is 16.5. The highest BCUT2D eigenvalue weighted by Gasteiger charge is 2.23. The number of piperazine rings is 1. The van der Waals surface area contributed by atoms with E-state index in [1.807, 2.05) is 13.8 Å². The van der Waals surface area contributed by atoms with Crippen molar-refractivity contribution in [2.45, 2.75) is 32.9 Å². The molecule has 0 saturated carbocycles.